The van der Waals surface area contributed by atoms with Gasteiger partial charge in [-0.2, -0.15) is 17.0 Å². The molecule has 18 heavy (non-hydrogen) atoms. The molecule has 2 rings (SSSR count). The molecule has 0 aromatic heterocycles. The van der Waals surface area contributed by atoms with Crippen molar-refractivity contribution in [2.45, 2.75) is 80.6 Å². The van der Waals surface area contributed by atoms with Crippen LogP contribution >= 0.6 is 11.8 Å². The number of aliphatic hydroxyl groups excluding tert-OH is 1. The SMILES string of the molecule is CC(O)C(C)SC1CCCC(C#N)(NC2CC2)C1. The second-order valence-corrected chi connectivity index (χ2v) is 7.60. The molecule has 0 aliphatic heterocycles. The molecule has 0 amide bonds. The highest BCUT2D eigenvalue weighted by Crippen LogP contribution is 2.38. The molecule has 0 bridgehead atoms. The molecule has 0 spiro atoms. The van der Waals surface area contributed by atoms with Crippen LogP contribution in [0.1, 0.15) is 52.4 Å². The van der Waals surface area contributed by atoms with Crippen LogP contribution in [0.4, 0.5) is 0 Å². The van der Waals surface area contributed by atoms with Gasteiger partial charge in [-0.3, -0.25) is 5.32 Å². The zero-order chi connectivity index (χ0) is 13.2. The van der Waals surface area contributed by atoms with Crippen LogP contribution in [0, 0.1) is 11.3 Å². The Hall–Kier alpha value is -0.240. The second kappa shape index (κ2) is 5.81. The Kier molecular flexibility index (Phi) is 4.58. The van der Waals surface area contributed by atoms with Crippen LogP contribution < -0.4 is 5.32 Å². The smallest absolute Gasteiger partial charge is 0.108 e. The summed E-state index contributed by atoms with van der Waals surface area (Å²) in [4.78, 5) is 0. The van der Waals surface area contributed by atoms with Crippen LogP contribution in [-0.2, 0) is 0 Å². The molecular weight excluding hydrogens is 244 g/mol. The molecule has 2 N–H and O–H groups in total. The highest BCUT2D eigenvalue weighted by atomic mass is 32.2. The van der Waals surface area contributed by atoms with E-state index in [0.29, 0.717) is 11.3 Å². The number of rotatable bonds is 5. The van der Waals surface area contributed by atoms with Crippen LogP contribution in [0.15, 0.2) is 0 Å². The minimum absolute atomic E-state index is 0.255. The van der Waals surface area contributed by atoms with E-state index in [-0.39, 0.29) is 16.9 Å². The molecule has 0 saturated heterocycles. The Balaban J connectivity index is 1.91. The zero-order valence-electron chi connectivity index (χ0n) is 11.4. The molecule has 102 valence electrons. The van der Waals surface area contributed by atoms with Gasteiger partial charge in [-0.15, -0.1) is 0 Å². The van der Waals surface area contributed by atoms with Crippen molar-refractivity contribution in [2.75, 3.05) is 0 Å². The van der Waals surface area contributed by atoms with E-state index in [2.05, 4.69) is 18.3 Å². The summed E-state index contributed by atoms with van der Waals surface area (Å²) in [6, 6.07) is 3.12. The number of thioether (sulfide) groups is 1. The first-order valence-corrected chi connectivity index (χ1v) is 8.01. The molecule has 4 atom stereocenters. The van der Waals surface area contributed by atoms with Gasteiger partial charge in [-0.1, -0.05) is 6.92 Å². The lowest BCUT2D eigenvalue weighted by molar-refractivity contribution is 0.195. The Morgan fingerprint density at radius 3 is 2.67 bits per heavy atom. The Morgan fingerprint density at radius 2 is 2.11 bits per heavy atom. The number of nitrogens with zero attached hydrogens (tertiary/aromatic N) is 1. The summed E-state index contributed by atoms with van der Waals surface area (Å²) < 4.78 is 0. The quantitative estimate of drug-likeness (QED) is 0.804. The summed E-state index contributed by atoms with van der Waals surface area (Å²) in [7, 11) is 0. The van der Waals surface area contributed by atoms with Crippen molar-refractivity contribution in [3.8, 4) is 6.07 Å². The van der Waals surface area contributed by atoms with Crippen LogP contribution in [-0.4, -0.2) is 33.3 Å². The fourth-order valence-corrected chi connectivity index (χ4v) is 4.16. The minimum atomic E-state index is -0.296. The maximum absolute atomic E-state index is 9.59. The zero-order valence-corrected chi connectivity index (χ0v) is 12.2. The average Bonchev–Trinajstić information content (AvgIpc) is 3.13. The van der Waals surface area contributed by atoms with Gasteiger partial charge in [0.2, 0.25) is 0 Å². The molecule has 2 saturated carbocycles. The number of nitrogens with one attached hydrogen (secondary N) is 1. The van der Waals surface area contributed by atoms with E-state index in [4.69, 9.17) is 0 Å². The van der Waals surface area contributed by atoms with Crippen LogP contribution in [0.25, 0.3) is 0 Å². The highest BCUT2D eigenvalue weighted by Gasteiger charge is 2.41. The lowest BCUT2D eigenvalue weighted by Gasteiger charge is -2.37. The highest BCUT2D eigenvalue weighted by molar-refractivity contribution is 8.00. The van der Waals surface area contributed by atoms with Gasteiger partial charge in [0.15, 0.2) is 0 Å². The summed E-state index contributed by atoms with van der Waals surface area (Å²) in [6.07, 6.45) is 6.40. The largest absolute Gasteiger partial charge is 0.392 e. The van der Waals surface area contributed by atoms with Crippen LogP contribution in [0.3, 0.4) is 0 Å². The van der Waals surface area contributed by atoms with Crippen molar-refractivity contribution in [2.24, 2.45) is 0 Å². The summed E-state index contributed by atoms with van der Waals surface area (Å²) in [5.41, 5.74) is -0.296. The molecule has 0 radical (unpaired) electrons. The summed E-state index contributed by atoms with van der Waals surface area (Å²) in [5, 5.41) is 23.4. The Morgan fingerprint density at radius 1 is 1.39 bits per heavy atom. The summed E-state index contributed by atoms with van der Waals surface area (Å²) in [6.45, 7) is 3.92. The maximum Gasteiger partial charge on any atom is 0.108 e. The van der Waals surface area contributed by atoms with Crippen molar-refractivity contribution in [3.05, 3.63) is 0 Å². The predicted octanol–water partition coefficient (Wildman–Crippen LogP) is 2.45. The second-order valence-electron chi connectivity index (χ2n) is 5.91. The molecule has 0 aromatic rings. The molecule has 4 heteroatoms. The third-order valence-electron chi connectivity index (χ3n) is 4.06. The van der Waals surface area contributed by atoms with E-state index in [1.165, 1.54) is 19.3 Å². The summed E-state index contributed by atoms with van der Waals surface area (Å²) >= 11 is 1.85. The van der Waals surface area contributed by atoms with Gasteiger partial charge in [-0.05, 0) is 45.4 Å². The first-order chi connectivity index (χ1) is 8.54. The van der Waals surface area contributed by atoms with Gasteiger partial charge in [0.05, 0.1) is 12.2 Å². The molecule has 0 aromatic carbocycles. The van der Waals surface area contributed by atoms with E-state index in [0.717, 1.165) is 19.3 Å². The van der Waals surface area contributed by atoms with E-state index in [1.54, 1.807) is 0 Å². The molecule has 2 aliphatic carbocycles. The maximum atomic E-state index is 9.59. The number of hydrogen-bond donors (Lipinski definition) is 2. The number of nitriles is 1. The van der Waals surface area contributed by atoms with Crippen LogP contribution in [0.2, 0.25) is 0 Å². The molecule has 2 aliphatic rings. The molecular formula is C14H24N2OS. The third kappa shape index (κ3) is 3.63. The van der Waals surface area contributed by atoms with Crippen molar-refractivity contribution in [1.82, 2.24) is 5.32 Å². The van der Waals surface area contributed by atoms with Crippen molar-refractivity contribution in [1.29, 1.82) is 5.26 Å². The van der Waals surface area contributed by atoms with E-state index in [9.17, 15) is 10.4 Å². The van der Waals surface area contributed by atoms with Gasteiger partial charge in [0.25, 0.3) is 0 Å². The van der Waals surface area contributed by atoms with E-state index >= 15 is 0 Å². The number of hydrogen-bond acceptors (Lipinski definition) is 4. The van der Waals surface area contributed by atoms with Gasteiger partial charge >= 0.3 is 0 Å². The monoisotopic (exact) mass is 268 g/mol. The minimum Gasteiger partial charge on any atom is -0.392 e. The molecule has 2 fully saturated rings. The van der Waals surface area contributed by atoms with Gasteiger partial charge in [0.1, 0.15) is 5.54 Å². The number of aliphatic hydroxyl groups is 1. The average molecular weight is 268 g/mol. The summed E-state index contributed by atoms with van der Waals surface area (Å²) in [5.74, 6) is 0. The van der Waals surface area contributed by atoms with Crippen LogP contribution in [0.5, 0.6) is 0 Å². The molecule has 0 heterocycles. The standard InChI is InChI=1S/C14H24N2OS/c1-10(17)11(2)18-13-4-3-7-14(8-13,9-15)16-12-5-6-12/h10-13,16-17H,3-8H2,1-2H3. The lowest BCUT2D eigenvalue weighted by Crippen LogP contribution is -2.49. The van der Waals surface area contributed by atoms with Gasteiger partial charge in [-0.25, -0.2) is 0 Å². The van der Waals surface area contributed by atoms with Crippen molar-refractivity contribution >= 4 is 11.8 Å². The Labute approximate surface area is 114 Å². The van der Waals surface area contributed by atoms with Crippen molar-refractivity contribution in [3.63, 3.8) is 0 Å². The van der Waals surface area contributed by atoms with Gasteiger partial charge in [0, 0.05) is 16.5 Å². The lowest BCUT2D eigenvalue weighted by atomic mass is 9.82. The van der Waals surface area contributed by atoms with E-state index < -0.39 is 0 Å². The fraction of sp³-hybridized carbons (Fsp3) is 0.929. The van der Waals surface area contributed by atoms with E-state index in [1.807, 2.05) is 18.7 Å². The Bertz CT molecular complexity index is 324. The molecule has 4 unspecified atom stereocenters. The first-order valence-electron chi connectivity index (χ1n) is 7.07. The fourth-order valence-electron chi connectivity index (χ4n) is 2.64. The normalized spacial score (nSPS) is 35.8. The van der Waals surface area contributed by atoms with Crippen molar-refractivity contribution < 1.29 is 5.11 Å². The third-order valence-corrected chi connectivity index (χ3v) is 5.67. The van der Waals surface area contributed by atoms with Gasteiger partial charge < -0.3 is 5.11 Å². The topological polar surface area (TPSA) is 56.0 Å². The predicted molar refractivity (Wildman–Crippen MR) is 75.5 cm³/mol. The molecule has 3 nitrogen and oxygen atoms in total. The first kappa shape index (κ1) is 14.2.